The molecule has 0 bridgehead atoms. The number of nitrogens with zero attached hydrogens (tertiary/aromatic N) is 2. The molecule has 0 spiro atoms. The van der Waals surface area contributed by atoms with Crippen molar-refractivity contribution in [1.82, 2.24) is 9.62 Å². The van der Waals surface area contributed by atoms with Crippen LogP contribution in [-0.2, 0) is 19.6 Å². The van der Waals surface area contributed by atoms with Crippen LogP contribution in [0.4, 0.5) is 0 Å². The highest BCUT2D eigenvalue weighted by molar-refractivity contribution is 7.90. The van der Waals surface area contributed by atoms with Crippen molar-refractivity contribution >= 4 is 27.7 Å². The van der Waals surface area contributed by atoms with E-state index >= 15 is 0 Å². The van der Waals surface area contributed by atoms with Crippen molar-refractivity contribution in [2.45, 2.75) is 56.0 Å². The Morgan fingerprint density at radius 2 is 2.07 bits per heavy atom. The SMILES string of the molecule is CC(N=C1NS(=O)(=O)c2ccccc21)C(=O)N1CCCCC1CCC(=O)O. The first kappa shape index (κ1) is 19.3. The van der Waals surface area contributed by atoms with Crippen LogP contribution in [-0.4, -0.2) is 54.8 Å². The van der Waals surface area contributed by atoms with Gasteiger partial charge in [0, 0.05) is 24.6 Å². The Morgan fingerprint density at radius 1 is 1.33 bits per heavy atom. The molecule has 0 radical (unpaired) electrons. The van der Waals surface area contributed by atoms with E-state index in [4.69, 9.17) is 5.11 Å². The molecule has 0 aromatic heterocycles. The van der Waals surface area contributed by atoms with Gasteiger partial charge in [0.25, 0.3) is 10.0 Å². The number of aliphatic imine (C=N–C) groups is 1. The Bertz CT molecular complexity index is 881. The number of sulfonamides is 1. The molecule has 2 heterocycles. The van der Waals surface area contributed by atoms with Crippen LogP contribution in [0, 0.1) is 0 Å². The van der Waals surface area contributed by atoms with Gasteiger partial charge < -0.3 is 10.0 Å². The third-order valence-electron chi connectivity index (χ3n) is 4.94. The summed E-state index contributed by atoms with van der Waals surface area (Å²) in [5.74, 6) is -0.912. The topological polar surface area (TPSA) is 116 Å². The van der Waals surface area contributed by atoms with Gasteiger partial charge in [-0.15, -0.1) is 0 Å². The van der Waals surface area contributed by atoms with Crippen molar-refractivity contribution in [3.05, 3.63) is 29.8 Å². The van der Waals surface area contributed by atoms with Crippen LogP contribution in [0.25, 0.3) is 0 Å². The Kier molecular flexibility index (Phi) is 5.50. The summed E-state index contributed by atoms with van der Waals surface area (Å²) in [7, 11) is -3.65. The molecule has 1 saturated heterocycles. The summed E-state index contributed by atoms with van der Waals surface area (Å²) in [5.41, 5.74) is 0.457. The molecule has 27 heavy (non-hydrogen) atoms. The minimum Gasteiger partial charge on any atom is -0.481 e. The van der Waals surface area contributed by atoms with Crippen molar-refractivity contribution in [2.24, 2.45) is 4.99 Å². The van der Waals surface area contributed by atoms with Gasteiger partial charge in [-0.05, 0) is 44.7 Å². The molecule has 1 aromatic rings. The second-order valence-electron chi connectivity index (χ2n) is 6.87. The Balaban J connectivity index is 1.79. The molecule has 2 atom stereocenters. The lowest BCUT2D eigenvalue weighted by Gasteiger charge is -2.36. The summed E-state index contributed by atoms with van der Waals surface area (Å²) in [5, 5.41) is 8.92. The Labute approximate surface area is 158 Å². The minimum absolute atomic E-state index is 0.0184. The molecule has 2 aliphatic rings. The van der Waals surface area contributed by atoms with Gasteiger partial charge in [0.05, 0.1) is 4.90 Å². The number of piperidine rings is 1. The van der Waals surface area contributed by atoms with E-state index in [0.29, 0.717) is 18.5 Å². The predicted molar refractivity (Wildman–Crippen MR) is 99.0 cm³/mol. The summed E-state index contributed by atoms with van der Waals surface area (Å²) in [6.45, 7) is 2.20. The number of carbonyl (C=O) groups excluding carboxylic acids is 1. The molecule has 146 valence electrons. The number of aliphatic carboxylic acids is 1. The summed E-state index contributed by atoms with van der Waals surface area (Å²) in [6, 6.07) is 5.63. The van der Waals surface area contributed by atoms with Gasteiger partial charge in [0.15, 0.2) is 0 Å². The molecule has 8 nitrogen and oxygen atoms in total. The fourth-order valence-corrected chi connectivity index (χ4v) is 4.84. The maximum absolute atomic E-state index is 12.9. The first-order chi connectivity index (χ1) is 12.8. The van der Waals surface area contributed by atoms with Crippen molar-refractivity contribution in [1.29, 1.82) is 0 Å². The first-order valence-corrected chi connectivity index (χ1v) is 10.5. The van der Waals surface area contributed by atoms with E-state index in [1.807, 2.05) is 0 Å². The van der Waals surface area contributed by atoms with Crippen molar-refractivity contribution in [3.8, 4) is 0 Å². The molecule has 3 rings (SSSR count). The molecular formula is C18H23N3O5S. The molecule has 2 N–H and O–H groups in total. The van der Waals surface area contributed by atoms with Gasteiger partial charge in [-0.2, -0.15) is 0 Å². The lowest BCUT2D eigenvalue weighted by Crippen LogP contribution is -2.47. The number of amides is 1. The monoisotopic (exact) mass is 393 g/mol. The minimum atomic E-state index is -3.65. The number of nitrogens with one attached hydrogen (secondary N) is 1. The molecule has 0 saturated carbocycles. The lowest BCUT2D eigenvalue weighted by molar-refractivity contribution is -0.140. The van der Waals surface area contributed by atoms with Crippen LogP contribution in [0.3, 0.4) is 0 Å². The number of amidine groups is 1. The number of carboxylic acids is 1. The van der Waals surface area contributed by atoms with Gasteiger partial charge in [-0.1, -0.05) is 12.1 Å². The van der Waals surface area contributed by atoms with Crippen molar-refractivity contribution in [2.75, 3.05) is 6.54 Å². The number of benzene rings is 1. The Hall–Kier alpha value is -2.42. The highest BCUT2D eigenvalue weighted by atomic mass is 32.2. The summed E-state index contributed by atoms with van der Waals surface area (Å²) < 4.78 is 26.8. The largest absolute Gasteiger partial charge is 0.481 e. The summed E-state index contributed by atoms with van der Waals surface area (Å²) in [4.78, 5) is 30.0. The first-order valence-electron chi connectivity index (χ1n) is 9.02. The van der Waals surface area contributed by atoms with Crippen LogP contribution >= 0.6 is 0 Å². The van der Waals surface area contributed by atoms with Crippen LogP contribution in [0.15, 0.2) is 34.2 Å². The van der Waals surface area contributed by atoms with E-state index in [-0.39, 0.29) is 29.1 Å². The number of fused-ring (bicyclic) bond motifs is 1. The van der Waals surface area contributed by atoms with E-state index < -0.39 is 22.0 Å². The number of rotatable bonds is 5. The van der Waals surface area contributed by atoms with E-state index in [0.717, 1.165) is 19.3 Å². The third-order valence-corrected chi connectivity index (χ3v) is 6.34. The highest BCUT2D eigenvalue weighted by Crippen LogP contribution is 2.25. The fraction of sp³-hybridized carbons (Fsp3) is 0.500. The smallest absolute Gasteiger partial charge is 0.303 e. The maximum Gasteiger partial charge on any atom is 0.303 e. The molecule has 2 aliphatic heterocycles. The molecule has 0 aliphatic carbocycles. The second kappa shape index (κ2) is 7.67. The number of hydrogen-bond acceptors (Lipinski definition) is 5. The average molecular weight is 393 g/mol. The predicted octanol–water partition coefficient (Wildman–Crippen LogP) is 1.36. The highest BCUT2D eigenvalue weighted by Gasteiger charge is 2.33. The Morgan fingerprint density at radius 3 is 2.81 bits per heavy atom. The number of hydrogen-bond donors (Lipinski definition) is 2. The van der Waals surface area contributed by atoms with E-state index in [1.54, 1.807) is 30.0 Å². The zero-order chi connectivity index (χ0) is 19.6. The number of carboxylic acid groups (broad SMARTS) is 1. The van der Waals surface area contributed by atoms with Crippen LogP contribution in [0.5, 0.6) is 0 Å². The fourth-order valence-electron chi connectivity index (χ4n) is 3.60. The number of likely N-dealkylation sites (tertiary alicyclic amines) is 1. The van der Waals surface area contributed by atoms with Crippen LogP contribution in [0.2, 0.25) is 0 Å². The van der Waals surface area contributed by atoms with Gasteiger partial charge >= 0.3 is 5.97 Å². The van der Waals surface area contributed by atoms with Gasteiger partial charge in [0.1, 0.15) is 11.9 Å². The second-order valence-corrected chi connectivity index (χ2v) is 8.52. The number of carbonyl (C=O) groups is 2. The molecule has 1 amide bonds. The lowest BCUT2D eigenvalue weighted by atomic mass is 9.97. The summed E-state index contributed by atoms with van der Waals surface area (Å²) >= 11 is 0. The molecule has 1 fully saturated rings. The molecule has 1 aromatic carbocycles. The van der Waals surface area contributed by atoms with E-state index in [1.165, 1.54) is 6.07 Å². The zero-order valence-corrected chi connectivity index (χ0v) is 15.9. The zero-order valence-electron chi connectivity index (χ0n) is 15.1. The summed E-state index contributed by atoms with van der Waals surface area (Å²) in [6.07, 6.45) is 3.04. The van der Waals surface area contributed by atoms with E-state index in [9.17, 15) is 18.0 Å². The normalized spacial score (nSPS) is 23.5. The average Bonchev–Trinajstić information content (AvgIpc) is 2.90. The molecule has 9 heteroatoms. The van der Waals surface area contributed by atoms with Crippen molar-refractivity contribution < 1.29 is 23.1 Å². The molecule has 2 unspecified atom stereocenters. The van der Waals surface area contributed by atoms with Gasteiger partial charge in [0.2, 0.25) is 5.91 Å². The maximum atomic E-state index is 12.9. The van der Waals surface area contributed by atoms with Crippen LogP contribution < -0.4 is 4.72 Å². The standard InChI is InChI=1S/C18H23N3O5S/c1-12(18(24)21-11-5-4-6-13(21)9-10-16(22)23)19-17-14-7-2-3-8-15(14)27(25,26)20-17/h2-3,7-8,12-13H,4-6,9-11H2,1H3,(H,19,20)(H,22,23). The van der Waals surface area contributed by atoms with Gasteiger partial charge in [-0.3, -0.25) is 19.3 Å². The van der Waals surface area contributed by atoms with Crippen LogP contribution in [0.1, 0.15) is 44.6 Å². The quantitative estimate of drug-likeness (QED) is 0.783. The van der Waals surface area contributed by atoms with Crippen molar-refractivity contribution in [3.63, 3.8) is 0 Å². The van der Waals surface area contributed by atoms with Gasteiger partial charge in [-0.25, -0.2) is 8.42 Å². The molecular weight excluding hydrogens is 370 g/mol. The third kappa shape index (κ3) is 4.13. The van der Waals surface area contributed by atoms with E-state index in [2.05, 4.69) is 9.71 Å².